The molecule has 0 radical (unpaired) electrons. The number of nitrogens with zero attached hydrogens (tertiary/aromatic N) is 6. The van der Waals surface area contributed by atoms with Crippen molar-refractivity contribution in [1.29, 1.82) is 0 Å². The molecule has 1 aromatic carbocycles. The third-order valence-corrected chi connectivity index (χ3v) is 3.61. The molecule has 0 amide bonds. The van der Waals surface area contributed by atoms with Crippen LogP contribution in [0, 0.1) is 0 Å². The Morgan fingerprint density at radius 3 is 2.45 bits per heavy atom. The van der Waals surface area contributed by atoms with E-state index in [0.717, 1.165) is 5.56 Å². The fourth-order valence-electron chi connectivity index (χ4n) is 2.53. The lowest BCUT2D eigenvalue weighted by molar-refractivity contribution is -0.111. The molecule has 2 rings (SSSR count). The van der Waals surface area contributed by atoms with Crippen LogP contribution in [0.2, 0.25) is 0 Å². The SMILES string of the molecule is [N-]=[N+]=N[C@H]1[C@H](O)[C@@H](OCc2ccccc2)[C@H](N=[N+]=[N-])C[C@@H]1O. The molecule has 1 aliphatic carbocycles. The lowest BCUT2D eigenvalue weighted by atomic mass is 9.84. The van der Waals surface area contributed by atoms with Gasteiger partial charge in [0.15, 0.2) is 0 Å². The van der Waals surface area contributed by atoms with Crippen molar-refractivity contribution in [3.63, 3.8) is 0 Å². The highest BCUT2D eigenvalue weighted by Gasteiger charge is 2.43. The van der Waals surface area contributed by atoms with Crippen LogP contribution >= 0.6 is 0 Å². The molecule has 1 aromatic rings. The van der Waals surface area contributed by atoms with Crippen LogP contribution in [0.15, 0.2) is 40.6 Å². The molecule has 0 aliphatic heterocycles. The van der Waals surface area contributed by atoms with Crippen LogP contribution in [0.5, 0.6) is 0 Å². The molecule has 0 aromatic heterocycles. The van der Waals surface area contributed by atoms with Gasteiger partial charge in [-0.25, -0.2) is 0 Å². The van der Waals surface area contributed by atoms with Gasteiger partial charge in [-0.3, -0.25) is 0 Å². The minimum atomic E-state index is -1.25. The lowest BCUT2D eigenvalue weighted by Crippen LogP contribution is -2.55. The first-order valence-corrected chi connectivity index (χ1v) is 6.77. The van der Waals surface area contributed by atoms with Crippen molar-refractivity contribution in [3.05, 3.63) is 56.8 Å². The Labute approximate surface area is 126 Å². The minimum Gasteiger partial charge on any atom is -0.393 e. The van der Waals surface area contributed by atoms with E-state index in [2.05, 4.69) is 20.1 Å². The van der Waals surface area contributed by atoms with Gasteiger partial charge >= 0.3 is 0 Å². The van der Waals surface area contributed by atoms with Crippen molar-refractivity contribution in [1.82, 2.24) is 0 Å². The second kappa shape index (κ2) is 7.65. The van der Waals surface area contributed by atoms with E-state index in [4.69, 9.17) is 15.8 Å². The van der Waals surface area contributed by atoms with Crippen LogP contribution < -0.4 is 0 Å². The van der Waals surface area contributed by atoms with Crippen molar-refractivity contribution in [3.8, 4) is 0 Å². The lowest BCUT2D eigenvalue weighted by Gasteiger charge is -2.39. The van der Waals surface area contributed by atoms with Gasteiger partial charge < -0.3 is 14.9 Å². The zero-order chi connectivity index (χ0) is 15.9. The van der Waals surface area contributed by atoms with Gasteiger partial charge in [0.1, 0.15) is 0 Å². The van der Waals surface area contributed by atoms with Crippen LogP contribution in [-0.2, 0) is 11.3 Å². The Morgan fingerprint density at radius 2 is 1.82 bits per heavy atom. The van der Waals surface area contributed by atoms with E-state index in [1.54, 1.807) is 0 Å². The van der Waals surface area contributed by atoms with Crippen LogP contribution in [0.3, 0.4) is 0 Å². The Bertz CT molecular complexity index is 585. The highest BCUT2D eigenvalue weighted by molar-refractivity contribution is 5.13. The average molecular weight is 304 g/mol. The van der Waals surface area contributed by atoms with Gasteiger partial charge in [-0.15, -0.1) is 0 Å². The Kier molecular flexibility index (Phi) is 5.60. The number of rotatable bonds is 5. The molecule has 5 atom stereocenters. The number of benzene rings is 1. The average Bonchev–Trinajstić information content (AvgIpc) is 2.52. The predicted octanol–water partition coefficient (Wildman–Crippen LogP) is 2.06. The highest BCUT2D eigenvalue weighted by atomic mass is 16.5. The fourth-order valence-corrected chi connectivity index (χ4v) is 2.53. The normalized spacial score (nSPS) is 30.9. The van der Waals surface area contributed by atoms with Gasteiger partial charge in [-0.2, -0.15) is 0 Å². The van der Waals surface area contributed by atoms with Crippen molar-refractivity contribution in [2.45, 2.75) is 43.4 Å². The molecule has 2 N–H and O–H groups in total. The number of aliphatic hydroxyl groups excluding tert-OH is 2. The van der Waals surface area contributed by atoms with Crippen LogP contribution in [0.25, 0.3) is 20.9 Å². The quantitative estimate of drug-likeness (QED) is 0.487. The van der Waals surface area contributed by atoms with E-state index < -0.39 is 30.4 Å². The third kappa shape index (κ3) is 3.67. The summed E-state index contributed by atoms with van der Waals surface area (Å²) in [5.41, 5.74) is 18.0. The summed E-state index contributed by atoms with van der Waals surface area (Å²) in [6, 6.07) is 7.53. The monoisotopic (exact) mass is 304 g/mol. The van der Waals surface area contributed by atoms with Gasteiger partial charge in [0, 0.05) is 9.82 Å². The molecule has 1 fully saturated rings. The van der Waals surface area contributed by atoms with E-state index in [1.165, 1.54) is 0 Å². The molecule has 0 spiro atoms. The maximum Gasteiger partial charge on any atom is 0.0929 e. The number of aliphatic hydroxyl groups is 2. The molecule has 0 bridgehead atoms. The standard InChI is InChI=1S/C13H16N6O3/c14-18-16-9-6-10(20)11(17-19-15)12(21)13(9)22-7-8-4-2-1-3-5-8/h1-5,9-13,20-21H,6-7H2/t9-,10+,11-,12+,13+/m1/s1. The molecular weight excluding hydrogens is 288 g/mol. The minimum absolute atomic E-state index is 0.0598. The fraction of sp³-hybridized carbons (Fsp3) is 0.538. The zero-order valence-corrected chi connectivity index (χ0v) is 11.7. The maximum atomic E-state index is 10.3. The molecule has 1 saturated carbocycles. The van der Waals surface area contributed by atoms with E-state index >= 15 is 0 Å². The summed E-state index contributed by atoms with van der Waals surface area (Å²) in [5.74, 6) is 0. The molecular formula is C13H16N6O3. The summed E-state index contributed by atoms with van der Waals surface area (Å²) in [6.07, 6.45) is -3.13. The summed E-state index contributed by atoms with van der Waals surface area (Å²) in [7, 11) is 0. The van der Waals surface area contributed by atoms with Gasteiger partial charge in [-0.1, -0.05) is 40.6 Å². The van der Waals surface area contributed by atoms with Gasteiger partial charge in [0.05, 0.1) is 37.0 Å². The van der Waals surface area contributed by atoms with Gasteiger partial charge in [0.25, 0.3) is 0 Å². The van der Waals surface area contributed by atoms with Crippen LogP contribution in [0.4, 0.5) is 0 Å². The van der Waals surface area contributed by atoms with Crippen molar-refractivity contribution in [2.75, 3.05) is 0 Å². The highest BCUT2D eigenvalue weighted by Crippen LogP contribution is 2.28. The van der Waals surface area contributed by atoms with E-state index in [0.29, 0.717) is 0 Å². The first kappa shape index (κ1) is 16.1. The number of azide groups is 2. The smallest absolute Gasteiger partial charge is 0.0929 e. The summed E-state index contributed by atoms with van der Waals surface area (Å²) in [4.78, 5) is 5.35. The van der Waals surface area contributed by atoms with E-state index in [9.17, 15) is 10.2 Å². The van der Waals surface area contributed by atoms with Crippen molar-refractivity contribution < 1.29 is 14.9 Å². The second-order valence-electron chi connectivity index (χ2n) is 5.02. The number of hydrogen-bond acceptors (Lipinski definition) is 5. The largest absolute Gasteiger partial charge is 0.393 e. The van der Waals surface area contributed by atoms with Crippen LogP contribution in [-0.4, -0.2) is 40.6 Å². The number of ether oxygens (including phenoxy) is 1. The summed E-state index contributed by atoms with van der Waals surface area (Å²) >= 11 is 0. The molecule has 9 nitrogen and oxygen atoms in total. The summed E-state index contributed by atoms with van der Waals surface area (Å²) < 4.78 is 5.66. The molecule has 1 aliphatic rings. The third-order valence-electron chi connectivity index (χ3n) is 3.61. The predicted molar refractivity (Wildman–Crippen MR) is 77.5 cm³/mol. The Balaban J connectivity index is 2.15. The summed E-state index contributed by atoms with van der Waals surface area (Å²) in [5, 5.41) is 27.2. The van der Waals surface area contributed by atoms with Gasteiger partial charge in [-0.05, 0) is 23.0 Å². The molecule has 0 saturated heterocycles. The van der Waals surface area contributed by atoms with Crippen molar-refractivity contribution >= 4 is 0 Å². The Hall–Kier alpha value is -2.28. The van der Waals surface area contributed by atoms with Crippen molar-refractivity contribution in [2.24, 2.45) is 10.2 Å². The summed E-state index contributed by atoms with van der Waals surface area (Å²) in [6.45, 7) is 0.207. The molecule has 0 heterocycles. The van der Waals surface area contributed by atoms with E-state index in [-0.39, 0.29) is 13.0 Å². The molecule has 22 heavy (non-hydrogen) atoms. The number of hydrogen-bond donors (Lipinski definition) is 2. The maximum absolute atomic E-state index is 10.3. The second-order valence-corrected chi connectivity index (χ2v) is 5.02. The zero-order valence-electron chi connectivity index (χ0n) is 11.7. The van der Waals surface area contributed by atoms with Gasteiger partial charge in [0.2, 0.25) is 0 Å². The first-order chi connectivity index (χ1) is 10.7. The van der Waals surface area contributed by atoms with E-state index in [1.807, 2.05) is 30.3 Å². The first-order valence-electron chi connectivity index (χ1n) is 6.77. The topological polar surface area (TPSA) is 147 Å². The van der Waals surface area contributed by atoms with Crippen LogP contribution in [0.1, 0.15) is 12.0 Å². The molecule has 9 heteroatoms. The molecule has 0 unspecified atom stereocenters. The molecule has 116 valence electrons. The Morgan fingerprint density at radius 1 is 1.14 bits per heavy atom.